The van der Waals surface area contributed by atoms with Crippen LogP contribution in [0.1, 0.15) is 31.9 Å². The highest BCUT2D eigenvalue weighted by molar-refractivity contribution is 5.21. The smallest absolute Gasteiger partial charge is 0.0681 e. The number of hydrogen-bond donors (Lipinski definition) is 2. The van der Waals surface area contributed by atoms with Crippen molar-refractivity contribution in [3.05, 3.63) is 35.4 Å². The van der Waals surface area contributed by atoms with Crippen molar-refractivity contribution in [2.45, 2.75) is 40.0 Å². The van der Waals surface area contributed by atoms with Gasteiger partial charge in [0, 0.05) is 19.2 Å². The molecule has 0 aliphatic heterocycles. The van der Waals surface area contributed by atoms with E-state index < -0.39 is 0 Å². The first kappa shape index (κ1) is 15.2. The van der Waals surface area contributed by atoms with Gasteiger partial charge in [-0.2, -0.15) is 0 Å². The highest BCUT2D eigenvalue weighted by Gasteiger charge is 2.12. The second kappa shape index (κ2) is 8.25. The van der Waals surface area contributed by atoms with Gasteiger partial charge < -0.3 is 15.2 Å². The van der Waals surface area contributed by atoms with Crippen molar-refractivity contribution in [1.29, 1.82) is 0 Å². The van der Waals surface area contributed by atoms with E-state index in [9.17, 15) is 0 Å². The molecule has 102 valence electrons. The molecule has 1 aromatic rings. The maximum atomic E-state index is 8.98. The van der Waals surface area contributed by atoms with E-state index in [1.807, 2.05) is 19.1 Å². The van der Waals surface area contributed by atoms with Gasteiger partial charge in [0.2, 0.25) is 0 Å². The van der Waals surface area contributed by atoms with Gasteiger partial charge in [-0.25, -0.2) is 0 Å². The van der Waals surface area contributed by atoms with Crippen LogP contribution in [-0.4, -0.2) is 24.4 Å². The van der Waals surface area contributed by atoms with Crippen molar-refractivity contribution in [2.75, 3.05) is 13.2 Å². The van der Waals surface area contributed by atoms with Crippen LogP contribution in [0.4, 0.5) is 0 Å². The lowest BCUT2D eigenvalue weighted by atomic mass is 10.0. The molecule has 0 radical (unpaired) electrons. The predicted octanol–water partition coefficient (Wildman–Crippen LogP) is 2.33. The van der Waals surface area contributed by atoms with Crippen LogP contribution in [0, 0.1) is 5.92 Å². The van der Waals surface area contributed by atoms with E-state index in [2.05, 4.69) is 31.3 Å². The third kappa shape index (κ3) is 5.17. The van der Waals surface area contributed by atoms with Gasteiger partial charge in [0.1, 0.15) is 0 Å². The molecule has 0 saturated heterocycles. The predicted molar refractivity (Wildman–Crippen MR) is 74.3 cm³/mol. The topological polar surface area (TPSA) is 41.5 Å². The molecule has 0 saturated carbocycles. The van der Waals surface area contributed by atoms with Gasteiger partial charge >= 0.3 is 0 Å². The molecule has 0 aliphatic carbocycles. The maximum Gasteiger partial charge on any atom is 0.0681 e. The lowest BCUT2D eigenvalue weighted by Gasteiger charge is -2.22. The summed E-state index contributed by atoms with van der Waals surface area (Å²) < 4.78 is 5.49. The first-order valence-corrected chi connectivity index (χ1v) is 6.67. The molecule has 1 unspecified atom stereocenters. The molecular formula is C15H25NO2. The van der Waals surface area contributed by atoms with Crippen molar-refractivity contribution < 1.29 is 9.84 Å². The fraction of sp³-hybridized carbons (Fsp3) is 0.600. The van der Waals surface area contributed by atoms with Crippen LogP contribution in [0.15, 0.2) is 24.3 Å². The van der Waals surface area contributed by atoms with Gasteiger partial charge in [-0.15, -0.1) is 0 Å². The Labute approximate surface area is 110 Å². The average Bonchev–Trinajstić information content (AvgIpc) is 2.39. The first-order valence-electron chi connectivity index (χ1n) is 6.67. The van der Waals surface area contributed by atoms with Gasteiger partial charge in [0.15, 0.2) is 0 Å². The summed E-state index contributed by atoms with van der Waals surface area (Å²) >= 11 is 0. The molecule has 0 bridgehead atoms. The van der Waals surface area contributed by atoms with Crippen LogP contribution in [0.25, 0.3) is 0 Å². The van der Waals surface area contributed by atoms with Crippen molar-refractivity contribution in [3.63, 3.8) is 0 Å². The Hall–Kier alpha value is -0.900. The molecule has 0 amide bonds. The maximum absolute atomic E-state index is 8.98. The minimum absolute atomic E-state index is 0.104. The van der Waals surface area contributed by atoms with Crippen molar-refractivity contribution in [2.24, 2.45) is 5.92 Å². The Balaban J connectivity index is 2.44. The van der Waals surface area contributed by atoms with Crippen LogP contribution in [0.3, 0.4) is 0 Å². The summed E-state index contributed by atoms with van der Waals surface area (Å²) in [6.07, 6.45) is 0. The minimum atomic E-state index is 0.104. The number of hydrogen-bond acceptors (Lipinski definition) is 3. The van der Waals surface area contributed by atoms with E-state index in [0.717, 1.165) is 25.3 Å². The number of nitrogens with one attached hydrogen (secondary N) is 1. The molecule has 3 nitrogen and oxygen atoms in total. The monoisotopic (exact) mass is 251 g/mol. The van der Waals surface area contributed by atoms with Gasteiger partial charge in [0.25, 0.3) is 0 Å². The largest absolute Gasteiger partial charge is 0.392 e. The van der Waals surface area contributed by atoms with Gasteiger partial charge in [-0.3, -0.25) is 0 Å². The molecule has 1 rings (SSSR count). The SMILES string of the molecule is CCOCC(NCc1ccc(CO)cc1)C(C)C. The molecule has 1 atom stereocenters. The molecule has 18 heavy (non-hydrogen) atoms. The molecule has 2 N–H and O–H groups in total. The average molecular weight is 251 g/mol. The van der Waals surface area contributed by atoms with Crippen LogP contribution in [-0.2, 0) is 17.9 Å². The fourth-order valence-electron chi connectivity index (χ4n) is 1.74. The summed E-state index contributed by atoms with van der Waals surface area (Å²) in [4.78, 5) is 0. The van der Waals surface area contributed by atoms with Gasteiger partial charge in [-0.1, -0.05) is 38.1 Å². The Morgan fingerprint density at radius 2 is 1.78 bits per heavy atom. The van der Waals surface area contributed by atoms with Crippen molar-refractivity contribution >= 4 is 0 Å². The van der Waals surface area contributed by atoms with E-state index in [1.165, 1.54) is 5.56 Å². The molecular weight excluding hydrogens is 226 g/mol. The third-order valence-corrected chi connectivity index (χ3v) is 3.08. The zero-order valence-corrected chi connectivity index (χ0v) is 11.6. The third-order valence-electron chi connectivity index (χ3n) is 3.08. The lowest BCUT2D eigenvalue weighted by molar-refractivity contribution is 0.108. The second-order valence-electron chi connectivity index (χ2n) is 4.87. The van der Waals surface area contributed by atoms with E-state index in [1.54, 1.807) is 0 Å². The Morgan fingerprint density at radius 1 is 1.17 bits per heavy atom. The second-order valence-corrected chi connectivity index (χ2v) is 4.87. The molecule has 3 heteroatoms. The van der Waals surface area contributed by atoms with Crippen LogP contribution in [0.5, 0.6) is 0 Å². The normalized spacial score (nSPS) is 12.9. The van der Waals surface area contributed by atoms with Gasteiger partial charge in [0.05, 0.1) is 13.2 Å². The summed E-state index contributed by atoms with van der Waals surface area (Å²) in [6, 6.07) is 8.41. The number of aliphatic hydroxyl groups excluding tert-OH is 1. The molecule has 1 aromatic carbocycles. The number of rotatable bonds is 8. The molecule has 0 heterocycles. The number of benzene rings is 1. The van der Waals surface area contributed by atoms with Gasteiger partial charge in [-0.05, 0) is 24.0 Å². The van der Waals surface area contributed by atoms with E-state index in [-0.39, 0.29) is 6.61 Å². The molecule has 0 spiro atoms. The van der Waals surface area contributed by atoms with E-state index in [0.29, 0.717) is 12.0 Å². The highest BCUT2D eigenvalue weighted by Crippen LogP contribution is 2.07. The zero-order chi connectivity index (χ0) is 13.4. The number of ether oxygens (including phenoxy) is 1. The lowest BCUT2D eigenvalue weighted by Crippen LogP contribution is -2.37. The fourth-order valence-corrected chi connectivity index (χ4v) is 1.74. The Bertz CT molecular complexity index is 322. The number of aliphatic hydroxyl groups is 1. The highest BCUT2D eigenvalue weighted by atomic mass is 16.5. The Morgan fingerprint density at radius 3 is 2.28 bits per heavy atom. The zero-order valence-electron chi connectivity index (χ0n) is 11.6. The summed E-state index contributed by atoms with van der Waals surface area (Å²) in [5.74, 6) is 0.549. The molecule has 0 fully saturated rings. The summed E-state index contributed by atoms with van der Waals surface area (Å²) in [6.45, 7) is 8.87. The summed E-state index contributed by atoms with van der Waals surface area (Å²) in [5.41, 5.74) is 2.18. The first-order chi connectivity index (χ1) is 8.67. The summed E-state index contributed by atoms with van der Waals surface area (Å²) in [5, 5.41) is 12.5. The summed E-state index contributed by atoms with van der Waals surface area (Å²) in [7, 11) is 0. The standard InChI is InChI=1S/C15H25NO2/c1-4-18-11-15(12(2)3)16-9-13-5-7-14(10-17)8-6-13/h5-8,12,15-17H,4,9-11H2,1-3H3. The molecule has 0 aliphatic rings. The van der Waals surface area contributed by atoms with Crippen molar-refractivity contribution in [1.82, 2.24) is 5.32 Å². The minimum Gasteiger partial charge on any atom is -0.392 e. The van der Waals surface area contributed by atoms with E-state index >= 15 is 0 Å². The van der Waals surface area contributed by atoms with Crippen LogP contribution < -0.4 is 5.32 Å². The Kier molecular flexibility index (Phi) is 6.94. The van der Waals surface area contributed by atoms with Crippen molar-refractivity contribution in [3.8, 4) is 0 Å². The quantitative estimate of drug-likeness (QED) is 0.745. The van der Waals surface area contributed by atoms with Crippen LogP contribution in [0.2, 0.25) is 0 Å². The molecule has 0 aromatic heterocycles. The van der Waals surface area contributed by atoms with Crippen LogP contribution >= 0.6 is 0 Å². The van der Waals surface area contributed by atoms with E-state index in [4.69, 9.17) is 9.84 Å².